The molecule has 1 fully saturated rings. The highest BCUT2D eigenvalue weighted by molar-refractivity contribution is 5.79. The molecule has 0 unspecified atom stereocenters. The second kappa shape index (κ2) is 9.40. The average Bonchev–Trinajstić information content (AvgIpc) is 2.81. The molecule has 0 spiro atoms. The largest absolute Gasteiger partial charge is 0.490 e. The molecular formula is C27H29F3N2O3. The van der Waals surface area contributed by atoms with Gasteiger partial charge in [0.25, 0.3) is 10.9 Å². The summed E-state index contributed by atoms with van der Waals surface area (Å²) in [6, 6.07) is 12.5. The molecule has 1 aliphatic carbocycles. The minimum atomic E-state index is -4.37. The number of anilines is 3. The van der Waals surface area contributed by atoms with E-state index in [9.17, 15) is 22.8 Å². The van der Waals surface area contributed by atoms with Crippen molar-refractivity contribution in [1.29, 1.82) is 0 Å². The number of alkyl halides is 3. The van der Waals surface area contributed by atoms with Crippen molar-refractivity contribution >= 4 is 17.1 Å². The lowest BCUT2D eigenvalue weighted by atomic mass is 9.87. The van der Waals surface area contributed by atoms with E-state index >= 15 is 0 Å². The van der Waals surface area contributed by atoms with Crippen LogP contribution in [0.4, 0.5) is 30.2 Å². The first-order chi connectivity index (χ1) is 16.4. The molecule has 0 bridgehead atoms. The van der Waals surface area contributed by atoms with Crippen LogP contribution in [-0.4, -0.2) is 12.1 Å². The van der Waals surface area contributed by atoms with Crippen LogP contribution in [0.5, 0.6) is 5.75 Å². The Hall–Kier alpha value is -3.29. The van der Waals surface area contributed by atoms with Crippen molar-refractivity contribution in [1.82, 2.24) is 0 Å². The van der Waals surface area contributed by atoms with Crippen molar-refractivity contribution in [3.63, 3.8) is 0 Å². The van der Waals surface area contributed by atoms with Gasteiger partial charge in [0.1, 0.15) is 17.1 Å². The lowest BCUT2D eigenvalue weighted by Gasteiger charge is -2.31. The van der Waals surface area contributed by atoms with Crippen LogP contribution in [-0.2, 0) is 11.6 Å². The molecule has 1 saturated carbocycles. The van der Waals surface area contributed by atoms with Crippen molar-refractivity contribution in [2.24, 2.45) is 0 Å². The maximum absolute atomic E-state index is 12.7. The van der Waals surface area contributed by atoms with E-state index in [2.05, 4.69) is 31.4 Å². The number of ether oxygens (including phenoxy) is 1. The van der Waals surface area contributed by atoms with Crippen molar-refractivity contribution in [3.05, 3.63) is 80.1 Å². The average molecular weight is 487 g/mol. The zero-order chi connectivity index (χ0) is 25.4. The van der Waals surface area contributed by atoms with Crippen molar-refractivity contribution in [3.8, 4) is 5.75 Å². The monoisotopic (exact) mass is 486 g/mol. The Morgan fingerprint density at radius 2 is 1.46 bits per heavy atom. The van der Waals surface area contributed by atoms with Crippen molar-refractivity contribution in [2.75, 3.05) is 10.6 Å². The van der Waals surface area contributed by atoms with Crippen LogP contribution in [0.25, 0.3) is 0 Å². The molecule has 8 heteroatoms. The summed E-state index contributed by atoms with van der Waals surface area (Å²) in [6.45, 7) is 6.32. The van der Waals surface area contributed by atoms with Gasteiger partial charge in [0.15, 0.2) is 0 Å². The van der Waals surface area contributed by atoms with Gasteiger partial charge in [-0.05, 0) is 73.1 Å². The number of hydrogen-bond acceptors (Lipinski definition) is 5. The molecule has 186 valence electrons. The molecule has 4 rings (SSSR count). The van der Waals surface area contributed by atoms with E-state index in [1.165, 1.54) is 12.1 Å². The molecule has 0 aromatic heterocycles. The maximum Gasteiger partial charge on any atom is 0.416 e. The summed E-state index contributed by atoms with van der Waals surface area (Å²) in [4.78, 5) is 24.5. The van der Waals surface area contributed by atoms with Crippen LogP contribution in [0.2, 0.25) is 0 Å². The molecule has 2 N–H and O–H groups in total. The summed E-state index contributed by atoms with van der Waals surface area (Å²) >= 11 is 0. The SMILES string of the molecule is CC(C)(C)c1cccc(Nc2c(NC3CCC(Oc4ccc(C(F)(F)F)cc4)CC3)c(=O)c2=O)c1. The lowest BCUT2D eigenvalue weighted by molar-refractivity contribution is -0.137. The Morgan fingerprint density at radius 3 is 2.06 bits per heavy atom. The summed E-state index contributed by atoms with van der Waals surface area (Å²) in [5, 5.41) is 6.33. The van der Waals surface area contributed by atoms with Crippen LogP contribution in [0, 0.1) is 0 Å². The highest BCUT2D eigenvalue weighted by atomic mass is 19.4. The predicted molar refractivity (Wildman–Crippen MR) is 132 cm³/mol. The molecule has 0 radical (unpaired) electrons. The zero-order valence-electron chi connectivity index (χ0n) is 20.0. The van der Waals surface area contributed by atoms with Crippen LogP contribution in [0.15, 0.2) is 58.1 Å². The third kappa shape index (κ3) is 5.69. The van der Waals surface area contributed by atoms with Crippen LogP contribution >= 0.6 is 0 Å². The zero-order valence-corrected chi connectivity index (χ0v) is 20.0. The van der Waals surface area contributed by atoms with Crippen LogP contribution < -0.4 is 26.2 Å². The smallest absolute Gasteiger partial charge is 0.416 e. The van der Waals surface area contributed by atoms with Gasteiger partial charge in [-0.25, -0.2) is 0 Å². The summed E-state index contributed by atoms with van der Waals surface area (Å²) in [7, 11) is 0. The Balaban J connectivity index is 1.34. The number of hydrogen-bond donors (Lipinski definition) is 2. The normalized spacial score (nSPS) is 18.9. The fraction of sp³-hybridized carbons (Fsp3) is 0.407. The van der Waals surface area contributed by atoms with E-state index in [4.69, 9.17) is 4.74 Å². The molecule has 0 saturated heterocycles. The van der Waals surface area contributed by atoms with Crippen LogP contribution in [0.3, 0.4) is 0 Å². The Morgan fingerprint density at radius 1 is 0.829 bits per heavy atom. The minimum Gasteiger partial charge on any atom is -0.490 e. The molecule has 0 amide bonds. The molecule has 0 heterocycles. The van der Waals surface area contributed by atoms with E-state index in [0.29, 0.717) is 37.1 Å². The van der Waals surface area contributed by atoms with Gasteiger partial charge in [-0.1, -0.05) is 32.9 Å². The van der Waals surface area contributed by atoms with E-state index in [0.717, 1.165) is 23.4 Å². The third-order valence-corrected chi connectivity index (χ3v) is 6.42. The summed E-state index contributed by atoms with van der Waals surface area (Å²) < 4.78 is 44.0. The topological polar surface area (TPSA) is 67.4 Å². The van der Waals surface area contributed by atoms with Gasteiger partial charge in [0, 0.05) is 11.7 Å². The number of halogens is 3. The van der Waals surface area contributed by atoms with Crippen molar-refractivity contribution in [2.45, 2.75) is 70.2 Å². The Labute approximate surface area is 202 Å². The van der Waals surface area contributed by atoms with Gasteiger partial charge in [0.05, 0.1) is 11.7 Å². The lowest BCUT2D eigenvalue weighted by Crippen LogP contribution is -2.40. The standard InChI is InChI=1S/C27H29F3N2O3/c1-26(2,3)17-5-4-6-19(15-17)32-23-22(24(33)25(23)34)31-18-9-13-21(14-10-18)35-20-11-7-16(8-12-20)27(28,29)30/h4-8,11-12,15,18,21,31-32H,9-10,13-14H2,1-3H3. The second-order valence-corrected chi connectivity index (χ2v) is 10.1. The van der Waals surface area contributed by atoms with Crippen molar-refractivity contribution < 1.29 is 17.9 Å². The molecule has 0 aliphatic heterocycles. The highest BCUT2D eigenvalue weighted by Crippen LogP contribution is 2.32. The van der Waals surface area contributed by atoms with E-state index in [1.54, 1.807) is 0 Å². The highest BCUT2D eigenvalue weighted by Gasteiger charge is 2.31. The fourth-order valence-corrected chi connectivity index (χ4v) is 4.30. The first-order valence-electron chi connectivity index (χ1n) is 11.7. The van der Waals surface area contributed by atoms with Gasteiger partial charge < -0.3 is 15.4 Å². The van der Waals surface area contributed by atoms with Gasteiger partial charge in [-0.15, -0.1) is 0 Å². The Kier molecular flexibility index (Phi) is 6.66. The molecular weight excluding hydrogens is 457 g/mol. The predicted octanol–water partition coefficient (Wildman–Crippen LogP) is 6.14. The Bertz CT molecular complexity index is 1240. The first kappa shape index (κ1) is 24.8. The molecule has 0 atom stereocenters. The van der Waals surface area contributed by atoms with Gasteiger partial charge in [0.2, 0.25) is 0 Å². The van der Waals surface area contributed by atoms with Gasteiger partial charge >= 0.3 is 6.18 Å². The quantitative estimate of drug-likeness (QED) is 0.410. The minimum absolute atomic E-state index is 0.00668. The maximum atomic E-state index is 12.7. The summed E-state index contributed by atoms with van der Waals surface area (Å²) in [5.41, 5.74) is 0.639. The molecule has 5 nitrogen and oxygen atoms in total. The number of rotatable bonds is 6. The van der Waals surface area contributed by atoms with E-state index in [1.807, 2.05) is 24.3 Å². The molecule has 35 heavy (non-hydrogen) atoms. The van der Waals surface area contributed by atoms with E-state index in [-0.39, 0.29) is 23.2 Å². The second-order valence-electron chi connectivity index (χ2n) is 10.1. The summed E-state index contributed by atoms with van der Waals surface area (Å²) in [5.74, 6) is 0.404. The van der Waals surface area contributed by atoms with Crippen LogP contribution in [0.1, 0.15) is 57.6 Å². The molecule has 3 aromatic rings. The van der Waals surface area contributed by atoms with E-state index < -0.39 is 22.6 Å². The van der Waals surface area contributed by atoms with Gasteiger partial charge in [-0.2, -0.15) is 13.2 Å². The summed E-state index contributed by atoms with van der Waals surface area (Å²) in [6.07, 6.45) is -1.70. The number of benzene rings is 2. The molecule has 1 aliphatic rings. The van der Waals surface area contributed by atoms with Gasteiger partial charge in [-0.3, -0.25) is 9.59 Å². The fourth-order valence-electron chi connectivity index (χ4n) is 4.30. The third-order valence-electron chi connectivity index (χ3n) is 6.42. The first-order valence-corrected chi connectivity index (χ1v) is 11.7. The number of nitrogens with one attached hydrogen (secondary N) is 2. The molecule has 3 aromatic carbocycles.